The molecule has 1 saturated heterocycles. The summed E-state index contributed by atoms with van der Waals surface area (Å²) in [6, 6.07) is 11.8. The quantitative estimate of drug-likeness (QED) is 0.734. The van der Waals surface area contributed by atoms with E-state index in [1.807, 2.05) is 36.5 Å². The Kier molecular flexibility index (Phi) is 4.35. The third kappa shape index (κ3) is 3.49. The van der Waals surface area contributed by atoms with Gasteiger partial charge in [-0.3, -0.25) is 9.97 Å². The van der Waals surface area contributed by atoms with E-state index in [4.69, 9.17) is 9.97 Å². The highest BCUT2D eigenvalue weighted by Crippen LogP contribution is 2.25. The summed E-state index contributed by atoms with van der Waals surface area (Å²) in [7, 11) is 2.15. The molecule has 4 heterocycles. The second-order valence-corrected chi connectivity index (χ2v) is 6.18. The van der Waals surface area contributed by atoms with Crippen molar-refractivity contribution in [1.82, 2.24) is 24.8 Å². The van der Waals surface area contributed by atoms with E-state index < -0.39 is 0 Å². The highest BCUT2D eigenvalue weighted by molar-refractivity contribution is 5.66. The fraction of sp³-hybridized carbons (Fsp3) is 0.263. The lowest BCUT2D eigenvalue weighted by Gasteiger charge is -2.33. The Morgan fingerprint density at radius 2 is 1.76 bits per heavy atom. The molecule has 3 aromatic heterocycles. The summed E-state index contributed by atoms with van der Waals surface area (Å²) in [4.78, 5) is 22.8. The molecule has 0 aliphatic carbocycles. The highest BCUT2D eigenvalue weighted by Gasteiger charge is 2.18. The zero-order chi connectivity index (χ0) is 17.1. The number of hydrogen-bond acceptors (Lipinski definition) is 6. The molecular weight excluding hydrogens is 312 g/mol. The van der Waals surface area contributed by atoms with E-state index in [0.29, 0.717) is 5.82 Å². The van der Waals surface area contributed by atoms with Gasteiger partial charge in [-0.25, -0.2) is 9.97 Å². The van der Waals surface area contributed by atoms with E-state index in [1.165, 1.54) is 0 Å². The number of nitrogens with zero attached hydrogens (tertiary/aromatic N) is 6. The van der Waals surface area contributed by atoms with Gasteiger partial charge in [0.05, 0.1) is 5.69 Å². The summed E-state index contributed by atoms with van der Waals surface area (Å²) in [5, 5.41) is 0. The first-order valence-corrected chi connectivity index (χ1v) is 8.44. The van der Waals surface area contributed by atoms with Gasteiger partial charge in [0.2, 0.25) is 0 Å². The van der Waals surface area contributed by atoms with E-state index in [9.17, 15) is 0 Å². The molecule has 6 heteroatoms. The van der Waals surface area contributed by atoms with Gasteiger partial charge >= 0.3 is 0 Å². The minimum Gasteiger partial charge on any atom is -0.354 e. The first kappa shape index (κ1) is 15.7. The van der Waals surface area contributed by atoms with Gasteiger partial charge in [0.25, 0.3) is 0 Å². The summed E-state index contributed by atoms with van der Waals surface area (Å²) in [5.41, 5.74) is 2.64. The van der Waals surface area contributed by atoms with Crippen molar-refractivity contribution in [3.63, 3.8) is 0 Å². The van der Waals surface area contributed by atoms with Crippen LogP contribution in [0.5, 0.6) is 0 Å². The molecule has 0 amide bonds. The van der Waals surface area contributed by atoms with Crippen molar-refractivity contribution in [2.45, 2.75) is 0 Å². The Balaban J connectivity index is 1.78. The summed E-state index contributed by atoms with van der Waals surface area (Å²) in [6.45, 7) is 3.99. The van der Waals surface area contributed by atoms with Crippen molar-refractivity contribution in [1.29, 1.82) is 0 Å². The summed E-state index contributed by atoms with van der Waals surface area (Å²) in [5.74, 6) is 1.60. The van der Waals surface area contributed by atoms with Gasteiger partial charge in [-0.05, 0) is 31.3 Å². The number of likely N-dealkylation sites (N-methyl/N-ethyl adjacent to an activating group) is 1. The smallest absolute Gasteiger partial charge is 0.180 e. The number of piperazine rings is 1. The SMILES string of the molecule is CN1CCN(c2cc(-c3cccnc3)nc(-c3ccccn3)n2)CC1. The molecule has 25 heavy (non-hydrogen) atoms. The molecule has 0 aromatic carbocycles. The van der Waals surface area contributed by atoms with Crippen molar-refractivity contribution in [2.24, 2.45) is 0 Å². The zero-order valence-corrected chi connectivity index (χ0v) is 14.2. The van der Waals surface area contributed by atoms with Crippen LogP contribution < -0.4 is 4.90 Å². The summed E-state index contributed by atoms with van der Waals surface area (Å²) in [6.07, 6.45) is 5.37. The first-order valence-electron chi connectivity index (χ1n) is 8.44. The van der Waals surface area contributed by atoms with Crippen LogP contribution in [0.25, 0.3) is 22.8 Å². The second kappa shape index (κ2) is 6.94. The Bertz CT molecular complexity index is 771. The molecule has 6 nitrogen and oxygen atoms in total. The Labute approximate surface area is 147 Å². The van der Waals surface area contributed by atoms with E-state index in [1.54, 1.807) is 12.4 Å². The van der Waals surface area contributed by atoms with Crippen molar-refractivity contribution in [3.05, 3.63) is 55.0 Å². The van der Waals surface area contributed by atoms with Crippen LogP contribution in [0, 0.1) is 0 Å². The number of aromatic nitrogens is 4. The molecule has 0 bridgehead atoms. The van der Waals surface area contributed by atoms with Gasteiger partial charge in [0, 0.05) is 56.4 Å². The molecule has 3 aromatic rings. The highest BCUT2D eigenvalue weighted by atomic mass is 15.3. The second-order valence-electron chi connectivity index (χ2n) is 6.18. The summed E-state index contributed by atoms with van der Waals surface area (Å²) >= 11 is 0. The maximum absolute atomic E-state index is 4.79. The summed E-state index contributed by atoms with van der Waals surface area (Å²) < 4.78 is 0. The molecule has 0 radical (unpaired) electrons. The van der Waals surface area contributed by atoms with Gasteiger partial charge in [0.15, 0.2) is 5.82 Å². The van der Waals surface area contributed by atoms with E-state index in [0.717, 1.165) is 48.9 Å². The lowest BCUT2D eigenvalue weighted by Crippen LogP contribution is -2.44. The first-order chi connectivity index (χ1) is 12.3. The molecule has 126 valence electrons. The number of anilines is 1. The maximum Gasteiger partial charge on any atom is 0.180 e. The van der Waals surface area contributed by atoms with Crippen molar-refractivity contribution in [2.75, 3.05) is 38.1 Å². The standard InChI is InChI=1S/C19H20N6/c1-24-9-11-25(12-10-24)18-13-17(15-5-4-7-20-14-15)22-19(23-18)16-6-2-3-8-21-16/h2-8,13-14H,9-12H2,1H3. The maximum atomic E-state index is 4.79. The van der Waals surface area contributed by atoms with Gasteiger partial charge in [0.1, 0.15) is 11.5 Å². The lowest BCUT2D eigenvalue weighted by molar-refractivity contribution is 0.312. The Morgan fingerprint density at radius 1 is 0.880 bits per heavy atom. The van der Waals surface area contributed by atoms with Crippen LogP contribution in [-0.2, 0) is 0 Å². The van der Waals surface area contributed by atoms with Crippen LogP contribution in [0.4, 0.5) is 5.82 Å². The van der Waals surface area contributed by atoms with Crippen molar-refractivity contribution < 1.29 is 0 Å². The zero-order valence-electron chi connectivity index (χ0n) is 14.2. The Hall–Kier alpha value is -2.86. The largest absolute Gasteiger partial charge is 0.354 e. The molecule has 0 spiro atoms. The molecule has 1 aliphatic heterocycles. The number of hydrogen-bond donors (Lipinski definition) is 0. The predicted molar refractivity (Wildman–Crippen MR) is 98.2 cm³/mol. The van der Waals surface area contributed by atoms with Crippen molar-refractivity contribution >= 4 is 5.82 Å². The molecule has 0 atom stereocenters. The van der Waals surface area contributed by atoms with Crippen molar-refractivity contribution in [3.8, 4) is 22.8 Å². The van der Waals surface area contributed by atoms with Gasteiger partial charge in [-0.1, -0.05) is 6.07 Å². The third-order valence-electron chi connectivity index (χ3n) is 4.39. The van der Waals surface area contributed by atoms with E-state index in [-0.39, 0.29) is 0 Å². The minimum atomic E-state index is 0.649. The molecule has 0 N–H and O–H groups in total. The number of rotatable bonds is 3. The molecule has 1 aliphatic rings. The van der Waals surface area contributed by atoms with Crippen LogP contribution >= 0.6 is 0 Å². The molecule has 4 rings (SSSR count). The fourth-order valence-corrected chi connectivity index (χ4v) is 2.90. The van der Waals surface area contributed by atoms with Crippen LogP contribution in [0.1, 0.15) is 0 Å². The average molecular weight is 332 g/mol. The third-order valence-corrected chi connectivity index (χ3v) is 4.39. The topological polar surface area (TPSA) is 58.0 Å². The van der Waals surface area contributed by atoms with Gasteiger partial charge in [-0.15, -0.1) is 0 Å². The molecule has 1 fully saturated rings. The Morgan fingerprint density at radius 3 is 2.48 bits per heavy atom. The van der Waals surface area contributed by atoms with Crippen LogP contribution in [0.15, 0.2) is 55.0 Å². The molecule has 0 unspecified atom stereocenters. The van der Waals surface area contributed by atoms with Crippen LogP contribution in [0.3, 0.4) is 0 Å². The van der Waals surface area contributed by atoms with Gasteiger partial charge < -0.3 is 9.80 Å². The number of pyridine rings is 2. The molecule has 0 saturated carbocycles. The van der Waals surface area contributed by atoms with E-state index >= 15 is 0 Å². The van der Waals surface area contributed by atoms with Crippen LogP contribution in [0.2, 0.25) is 0 Å². The average Bonchev–Trinajstić information content (AvgIpc) is 2.69. The normalized spacial score (nSPS) is 15.3. The lowest BCUT2D eigenvalue weighted by atomic mass is 10.2. The molecular formula is C19H20N6. The van der Waals surface area contributed by atoms with Crippen LogP contribution in [-0.4, -0.2) is 58.1 Å². The monoisotopic (exact) mass is 332 g/mol. The minimum absolute atomic E-state index is 0.649. The predicted octanol–water partition coefficient (Wildman–Crippen LogP) is 2.35. The van der Waals surface area contributed by atoms with E-state index in [2.05, 4.69) is 32.9 Å². The fourth-order valence-electron chi connectivity index (χ4n) is 2.90. The van der Waals surface area contributed by atoms with Gasteiger partial charge in [-0.2, -0.15) is 0 Å².